The Hall–Kier alpha value is -1.35. The zero-order chi connectivity index (χ0) is 15.5. The van der Waals surface area contributed by atoms with E-state index in [4.69, 9.17) is 5.73 Å². The number of likely N-dealkylation sites (tertiary alicyclic amines) is 1. The summed E-state index contributed by atoms with van der Waals surface area (Å²) in [5.41, 5.74) is 10.1. The van der Waals surface area contributed by atoms with Gasteiger partial charge in [0.05, 0.1) is 6.42 Å². The predicted molar refractivity (Wildman–Crippen MR) is 89.7 cm³/mol. The largest absolute Gasteiger partial charge is 0.342 e. The molecule has 1 aromatic carbocycles. The molecule has 3 rings (SSSR count). The average molecular weight is 300 g/mol. The van der Waals surface area contributed by atoms with Crippen LogP contribution in [-0.4, -0.2) is 29.9 Å². The predicted octanol–water partition coefficient (Wildman–Crippen LogP) is 2.69. The lowest BCUT2D eigenvalue weighted by Crippen LogP contribution is -2.45. The van der Waals surface area contributed by atoms with Gasteiger partial charge in [-0.2, -0.15) is 0 Å². The zero-order valence-electron chi connectivity index (χ0n) is 13.7. The minimum absolute atomic E-state index is 0.180. The molecule has 1 saturated heterocycles. The number of aryl methyl sites for hydroxylation is 2. The first-order chi connectivity index (χ1) is 10.6. The van der Waals surface area contributed by atoms with Gasteiger partial charge in [0.25, 0.3) is 0 Å². The number of hydrogen-bond acceptors (Lipinski definition) is 2. The van der Waals surface area contributed by atoms with Crippen molar-refractivity contribution < 1.29 is 4.79 Å². The van der Waals surface area contributed by atoms with Crippen molar-refractivity contribution in [2.45, 2.75) is 57.9 Å². The standard InChI is InChI=1S/C19H28N2O/c1-14(20)18-7-4-10-21(13-18)19(22)12-15-8-9-16-5-2-3-6-17(16)11-15/h8-9,11,14,18H,2-7,10,12-13,20H2,1H3. The van der Waals surface area contributed by atoms with E-state index in [0.29, 0.717) is 12.3 Å². The number of hydrogen-bond donors (Lipinski definition) is 1. The van der Waals surface area contributed by atoms with Gasteiger partial charge in [0, 0.05) is 19.1 Å². The van der Waals surface area contributed by atoms with Crippen molar-refractivity contribution >= 4 is 5.91 Å². The van der Waals surface area contributed by atoms with Crippen molar-refractivity contribution in [3.05, 3.63) is 34.9 Å². The van der Waals surface area contributed by atoms with Crippen LogP contribution in [0.4, 0.5) is 0 Å². The maximum atomic E-state index is 12.6. The highest BCUT2D eigenvalue weighted by molar-refractivity contribution is 5.79. The molecule has 1 aliphatic carbocycles. The van der Waals surface area contributed by atoms with E-state index in [-0.39, 0.29) is 11.9 Å². The summed E-state index contributed by atoms with van der Waals surface area (Å²) in [5, 5.41) is 0. The Bertz CT molecular complexity index is 538. The Balaban J connectivity index is 1.64. The van der Waals surface area contributed by atoms with Crippen LogP contribution in [0.3, 0.4) is 0 Å². The van der Waals surface area contributed by atoms with Crippen molar-refractivity contribution in [3.63, 3.8) is 0 Å². The molecule has 120 valence electrons. The van der Waals surface area contributed by atoms with Gasteiger partial charge in [0.1, 0.15) is 0 Å². The van der Waals surface area contributed by atoms with E-state index in [9.17, 15) is 4.79 Å². The first-order valence-electron chi connectivity index (χ1n) is 8.77. The number of amides is 1. The van der Waals surface area contributed by atoms with Gasteiger partial charge in [-0.3, -0.25) is 4.79 Å². The molecule has 3 nitrogen and oxygen atoms in total. The van der Waals surface area contributed by atoms with Gasteiger partial charge in [-0.15, -0.1) is 0 Å². The summed E-state index contributed by atoms with van der Waals surface area (Å²) in [7, 11) is 0. The molecule has 0 aromatic heterocycles. The van der Waals surface area contributed by atoms with Gasteiger partial charge >= 0.3 is 0 Å². The lowest BCUT2D eigenvalue weighted by atomic mass is 9.89. The second kappa shape index (κ2) is 6.82. The van der Waals surface area contributed by atoms with Gasteiger partial charge in [0.15, 0.2) is 0 Å². The van der Waals surface area contributed by atoms with Crippen LogP contribution in [0.1, 0.15) is 49.3 Å². The molecule has 1 fully saturated rings. The quantitative estimate of drug-likeness (QED) is 0.933. The van der Waals surface area contributed by atoms with Gasteiger partial charge in [-0.05, 0) is 68.1 Å². The number of nitrogens with zero attached hydrogens (tertiary/aromatic N) is 1. The lowest BCUT2D eigenvalue weighted by molar-refractivity contribution is -0.132. The van der Waals surface area contributed by atoms with E-state index in [1.165, 1.54) is 42.4 Å². The Labute approximate surface area is 133 Å². The lowest BCUT2D eigenvalue weighted by Gasteiger charge is -2.34. The van der Waals surface area contributed by atoms with E-state index in [1.807, 2.05) is 4.90 Å². The summed E-state index contributed by atoms with van der Waals surface area (Å²) in [6, 6.07) is 6.83. The number of rotatable bonds is 3. The van der Waals surface area contributed by atoms with Crippen molar-refractivity contribution in [2.24, 2.45) is 11.7 Å². The van der Waals surface area contributed by atoms with E-state index >= 15 is 0 Å². The SMILES string of the molecule is CC(N)C1CCCN(C(=O)Cc2ccc3c(c2)CCCC3)C1. The van der Waals surface area contributed by atoms with E-state index in [2.05, 4.69) is 25.1 Å². The molecule has 2 unspecified atom stereocenters. The third-order valence-electron chi connectivity index (χ3n) is 5.32. The zero-order valence-corrected chi connectivity index (χ0v) is 13.7. The van der Waals surface area contributed by atoms with Crippen LogP contribution in [-0.2, 0) is 24.1 Å². The van der Waals surface area contributed by atoms with Crippen LogP contribution >= 0.6 is 0 Å². The number of nitrogens with two attached hydrogens (primary N) is 1. The Morgan fingerprint density at radius 2 is 2.05 bits per heavy atom. The molecule has 0 saturated carbocycles. The maximum absolute atomic E-state index is 12.6. The molecule has 0 radical (unpaired) electrons. The number of benzene rings is 1. The highest BCUT2D eigenvalue weighted by Crippen LogP contribution is 2.23. The molecule has 2 N–H and O–H groups in total. The number of piperidine rings is 1. The molecule has 1 amide bonds. The molecular formula is C19H28N2O. The third-order valence-corrected chi connectivity index (χ3v) is 5.32. The monoisotopic (exact) mass is 300 g/mol. The fourth-order valence-electron chi connectivity index (χ4n) is 3.85. The molecule has 1 heterocycles. The summed E-state index contributed by atoms with van der Waals surface area (Å²) in [6.07, 6.45) is 7.74. The van der Waals surface area contributed by atoms with Crippen LogP contribution in [0.5, 0.6) is 0 Å². The molecular weight excluding hydrogens is 272 g/mol. The van der Waals surface area contributed by atoms with Crippen molar-refractivity contribution in [2.75, 3.05) is 13.1 Å². The van der Waals surface area contributed by atoms with E-state index < -0.39 is 0 Å². The summed E-state index contributed by atoms with van der Waals surface area (Å²) in [6.45, 7) is 3.79. The van der Waals surface area contributed by atoms with Crippen molar-refractivity contribution in [3.8, 4) is 0 Å². The number of carbonyl (C=O) groups excluding carboxylic acids is 1. The van der Waals surface area contributed by atoms with Crippen LogP contribution in [0.15, 0.2) is 18.2 Å². The molecule has 2 atom stereocenters. The van der Waals surface area contributed by atoms with E-state index in [1.54, 1.807) is 0 Å². The minimum Gasteiger partial charge on any atom is -0.342 e. The second-order valence-electron chi connectivity index (χ2n) is 7.09. The second-order valence-corrected chi connectivity index (χ2v) is 7.09. The van der Waals surface area contributed by atoms with E-state index in [0.717, 1.165) is 25.9 Å². The third kappa shape index (κ3) is 3.52. The van der Waals surface area contributed by atoms with Crippen molar-refractivity contribution in [1.29, 1.82) is 0 Å². The highest BCUT2D eigenvalue weighted by Gasteiger charge is 2.25. The normalized spacial score (nSPS) is 23.0. The summed E-state index contributed by atoms with van der Waals surface area (Å²) < 4.78 is 0. The van der Waals surface area contributed by atoms with Gasteiger partial charge in [-0.1, -0.05) is 18.2 Å². The first kappa shape index (κ1) is 15.5. The fraction of sp³-hybridized carbons (Fsp3) is 0.632. The van der Waals surface area contributed by atoms with Crippen LogP contribution in [0, 0.1) is 5.92 Å². The van der Waals surface area contributed by atoms with Crippen LogP contribution < -0.4 is 5.73 Å². The summed E-state index contributed by atoms with van der Waals surface area (Å²) >= 11 is 0. The average Bonchev–Trinajstić information content (AvgIpc) is 2.55. The molecule has 3 heteroatoms. The maximum Gasteiger partial charge on any atom is 0.226 e. The van der Waals surface area contributed by atoms with Crippen LogP contribution in [0.2, 0.25) is 0 Å². The summed E-state index contributed by atoms with van der Waals surface area (Å²) in [5.74, 6) is 0.724. The molecule has 0 bridgehead atoms. The first-order valence-corrected chi connectivity index (χ1v) is 8.77. The smallest absolute Gasteiger partial charge is 0.226 e. The Morgan fingerprint density at radius 3 is 2.82 bits per heavy atom. The topological polar surface area (TPSA) is 46.3 Å². The summed E-state index contributed by atoms with van der Waals surface area (Å²) in [4.78, 5) is 14.6. The number of fused-ring (bicyclic) bond motifs is 1. The van der Waals surface area contributed by atoms with Crippen LogP contribution in [0.25, 0.3) is 0 Å². The Morgan fingerprint density at radius 1 is 1.27 bits per heavy atom. The molecule has 22 heavy (non-hydrogen) atoms. The fourth-order valence-corrected chi connectivity index (χ4v) is 3.85. The molecule has 1 aliphatic heterocycles. The minimum atomic E-state index is 0.180. The van der Waals surface area contributed by atoms with Crippen molar-refractivity contribution in [1.82, 2.24) is 4.90 Å². The Kier molecular flexibility index (Phi) is 4.82. The van der Waals surface area contributed by atoms with Gasteiger partial charge < -0.3 is 10.6 Å². The van der Waals surface area contributed by atoms with Gasteiger partial charge in [0.2, 0.25) is 5.91 Å². The van der Waals surface area contributed by atoms with Gasteiger partial charge in [-0.25, -0.2) is 0 Å². The highest BCUT2D eigenvalue weighted by atomic mass is 16.2. The molecule has 0 spiro atoms. The molecule has 2 aliphatic rings. The molecule has 1 aromatic rings. The number of carbonyl (C=O) groups is 1.